The Balaban J connectivity index is 2.13. The van der Waals surface area contributed by atoms with Gasteiger partial charge in [0, 0.05) is 37.9 Å². The number of aromatic nitrogens is 1. The summed E-state index contributed by atoms with van der Waals surface area (Å²) in [6.07, 6.45) is 0. The Morgan fingerprint density at radius 2 is 2.16 bits per heavy atom. The maximum absolute atomic E-state index is 4.70. The van der Waals surface area contributed by atoms with Crippen molar-refractivity contribution in [3.63, 3.8) is 0 Å². The minimum atomic E-state index is 0.605. The van der Waals surface area contributed by atoms with Gasteiger partial charge in [0.05, 0.1) is 0 Å². The Kier molecular flexibility index (Phi) is 4.77. The molecule has 0 aliphatic carbocycles. The summed E-state index contributed by atoms with van der Waals surface area (Å²) in [6.45, 7) is 11.9. The Bertz CT molecular complexity index is 419. The van der Waals surface area contributed by atoms with Crippen LogP contribution in [0.25, 0.3) is 0 Å². The van der Waals surface area contributed by atoms with E-state index in [0.29, 0.717) is 6.04 Å². The van der Waals surface area contributed by atoms with Gasteiger partial charge in [-0.05, 0) is 45.1 Å². The Labute approximate surface area is 116 Å². The third-order valence-corrected chi connectivity index (χ3v) is 3.88. The molecule has 2 heterocycles. The predicted molar refractivity (Wildman–Crippen MR) is 80.7 cm³/mol. The van der Waals surface area contributed by atoms with Gasteiger partial charge in [0.1, 0.15) is 5.82 Å². The molecule has 106 valence electrons. The number of hydrogen-bond acceptors (Lipinski definition) is 4. The highest BCUT2D eigenvalue weighted by atomic mass is 15.3. The molecule has 19 heavy (non-hydrogen) atoms. The number of hydrogen-bond donors (Lipinski definition) is 1. The van der Waals surface area contributed by atoms with Crippen LogP contribution in [-0.2, 0) is 6.54 Å². The van der Waals surface area contributed by atoms with E-state index in [9.17, 15) is 0 Å². The van der Waals surface area contributed by atoms with Crippen molar-refractivity contribution in [1.29, 1.82) is 0 Å². The Hall–Kier alpha value is -1.13. The average molecular weight is 262 g/mol. The van der Waals surface area contributed by atoms with E-state index in [1.165, 1.54) is 5.56 Å². The molecular weight excluding hydrogens is 236 g/mol. The van der Waals surface area contributed by atoms with Crippen LogP contribution in [0.15, 0.2) is 12.1 Å². The molecule has 1 fully saturated rings. The standard InChI is InChI=1S/C15H26N4/c1-5-18-6-7-19(11-13(18)3)15-9-14(10-16-4)8-12(2)17-15/h8-9,13,16H,5-7,10-11H2,1-4H3. The zero-order valence-corrected chi connectivity index (χ0v) is 12.6. The van der Waals surface area contributed by atoms with Crippen LogP contribution < -0.4 is 10.2 Å². The normalized spacial score (nSPS) is 20.8. The van der Waals surface area contributed by atoms with E-state index >= 15 is 0 Å². The third-order valence-electron chi connectivity index (χ3n) is 3.88. The molecule has 4 heteroatoms. The first kappa shape index (κ1) is 14.3. The molecule has 1 atom stereocenters. The summed E-state index contributed by atoms with van der Waals surface area (Å²) in [6, 6.07) is 4.98. The highest BCUT2D eigenvalue weighted by Gasteiger charge is 2.23. The lowest BCUT2D eigenvalue weighted by atomic mass is 10.1. The maximum Gasteiger partial charge on any atom is 0.129 e. The second kappa shape index (κ2) is 6.35. The summed E-state index contributed by atoms with van der Waals surface area (Å²) in [5.41, 5.74) is 2.42. The summed E-state index contributed by atoms with van der Waals surface area (Å²) >= 11 is 0. The molecule has 0 amide bonds. The van der Waals surface area contributed by atoms with Gasteiger partial charge in [-0.15, -0.1) is 0 Å². The molecule has 1 aliphatic heterocycles. The average Bonchev–Trinajstić information content (AvgIpc) is 2.38. The largest absolute Gasteiger partial charge is 0.354 e. The summed E-state index contributed by atoms with van der Waals surface area (Å²) in [5, 5.41) is 3.21. The molecule has 4 nitrogen and oxygen atoms in total. The van der Waals surface area contributed by atoms with Gasteiger partial charge in [-0.3, -0.25) is 4.90 Å². The van der Waals surface area contributed by atoms with E-state index in [1.54, 1.807) is 0 Å². The summed E-state index contributed by atoms with van der Waals surface area (Å²) in [5.74, 6) is 1.13. The zero-order valence-electron chi connectivity index (χ0n) is 12.6. The molecule has 0 saturated carbocycles. The first-order valence-electron chi connectivity index (χ1n) is 7.25. The van der Waals surface area contributed by atoms with Crippen molar-refractivity contribution in [3.05, 3.63) is 23.4 Å². The predicted octanol–water partition coefficient (Wildman–Crippen LogP) is 1.64. The van der Waals surface area contributed by atoms with Crippen LogP contribution in [0.1, 0.15) is 25.1 Å². The van der Waals surface area contributed by atoms with E-state index in [4.69, 9.17) is 4.98 Å². The van der Waals surface area contributed by atoms with E-state index < -0.39 is 0 Å². The molecule has 2 rings (SSSR count). The van der Waals surface area contributed by atoms with Crippen molar-refractivity contribution in [2.75, 3.05) is 38.1 Å². The number of rotatable bonds is 4. The molecule has 1 unspecified atom stereocenters. The minimum absolute atomic E-state index is 0.605. The minimum Gasteiger partial charge on any atom is -0.354 e. The van der Waals surface area contributed by atoms with Gasteiger partial charge in [-0.25, -0.2) is 4.98 Å². The lowest BCUT2D eigenvalue weighted by Gasteiger charge is -2.40. The number of piperazine rings is 1. The Morgan fingerprint density at radius 1 is 1.37 bits per heavy atom. The van der Waals surface area contributed by atoms with E-state index in [2.05, 4.69) is 48.0 Å². The van der Waals surface area contributed by atoms with Crippen LogP contribution in [0.4, 0.5) is 5.82 Å². The first-order valence-corrected chi connectivity index (χ1v) is 7.25. The number of nitrogens with zero attached hydrogens (tertiary/aromatic N) is 3. The topological polar surface area (TPSA) is 31.4 Å². The van der Waals surface area contributed by atoms with Gasteiger partial charge in [-0.2, -0.15) is 0 Å². The quantitative estimate of drug-likeness (QED) is 0.894. The first-order chi connectivity index (χ1) is 9.13. The fourth-order valence-electron chi connectivity index (χ4n) is 2.86. The van der Waals surface area contributed by atoms with Gasteiger partial charge in [-0.1, -0.05) is 6.92 Å². The number of aryl methyl sites for hydroxylation is 1. The van der Waals surface area contributed by atoms with Crippen molar-refractivity contribution >= 4 is 5.82 Å². The molecule has 1 aliphatic rings. The van der Waals surface area contributed by atoms with Gasteiger partial charge in [0.2, 0.25) is 0 Å². The number of anilines is 1. The lowest BCUT2D eigenvalue weighted by molar-refractivity contribution is 0.199. The third kappa shape index (κ3) is 3.45. The fourth-order valence-corrected chi connectivity index (χ4v) is 2.86. The molecule has 0 spiro atoms. The Morgan fingerprint density at radius 3 is 2.79 bits per heavy atom. The van der Waals surface area contributed by atoms with Crippen molar-refractivity contribution in [2.45, 2.75) is 33.4 Å². The number of likely N-dealkylation sites (N-methyl/N-ethyl adjacent to an activating group) is 1. The maximum atomic E-state index is 4.70. The van der Waals surface area contributed by atoms with Crippen LogP contribution >= 0.6 is 0 Å². The SMILES string of the molecule is CCN1CCN(c2cc(CNC)cc(C)n2)CC1C. The molecular formula is C15H26N4. The van der Waals surface area contributed by atoms with Crippen LogP contribution in [0.3, 0.4) is 0 Å². The monoisotopic (exact) mass is 262 g/mol. The highest BCUT2D eigenvalue weighted by molar-refractivity contribution is 5.43. The number of nitrogens with one attached hydrogen (secondary N) is 1. The summed E-state index contributed by atoms with van der Waals surface area (Å²) in [4.78, 5) is 9.65. The lowest BCUT2D eigenvalue weighted by Crippen LogP contribution is -2.52. The highest BCUT2D eigenvalue weighted by Crippen LogP contribution is 2.19. The van der Waals surface area contributed by atoms with Crippen LogP contribution in [-0.4, -0.2) is 49.2 Å². The summed E-state index contributed by atoms with van der Waals surface area (Å²) < 4.78 is 0. The van der Waals surface area contributed by atoms with E-state index in [0.717, 1.165) is 44.2 Å². The van der Waals surface area contributed by atoms with Gasteiger partial charge >= 0.3 is 0 Å². The van der Waals surface area contributed by atoms with Crippen LogP contribution in [0.2, 0.25) is 0 Å². The summed E-state index contributed by atoms with van der Waals surface area (Å²) in [7, 11) is 1.98. The van der Waals surface area contributed by atoms with Crippen molar-refractivity contribution < 1.29 is 0 Å². The molecule has 1 aromatic heterocycles. The van der Waals surface area contributed by atoms with Gasteiger partial charge < -0.3 is 10.2 Å². The van der Waals surface area contributed by atoms with E-state index in [1.807, 2.05) is 7.05 Å². The molecule has 0 aromatic carbocycles. The van der Waals surface area contributed by atoms with Crippen LogP contribution in [0, 0.1) is 6.92 Å². The molecule has 0 radical (unpaired) electrons. The molecule has 1 aromatic rings. The van der Waals surface area contributed by atoms with E-state index in [-0.39, 0.29) is 0 Å². The smallest absolute Gasteiger partial charge is 0.129 e. The number of pyridine rings is 1. The van der Waals surface area contributed by atoms with Crippen molar-refractivity contribution in [1.82, 2.24) is 15.2 Å². The van der Waals surface area contributed by atoms with Crippen molar-refractivity contribution in [2.24, 2.45) is 0 Å². The van der Waals surface area contributed by atoms with Gasteiger partial charge in [0.15, 0.2) is 0 Å². The zero-order chi connectivity index (χ0) is 13.8. The van der Waals surface area contributed by atoms with Gasteiger partial charge in [0.25, 0.3) is 0 Å². The van der Waals surface area contributed by atoms with Crippen molar-refractivity contribution in [3.8, 4) is 0 Å². The second-order valence-corrected chi connectivity index (χ2v) is 5.43. The molecule has 0 bridgehead atoms. The van der Waals surface area contributed by atoms with Crippen LogP contribution in [0.5, 0.6) is 0 Å². The second-order valence-electron chi connectivity index (χ2n) is 5.43. The molecule has 1 N–H and O–H groups in total. The fraction of sp³-hybridized carbons (Fsp3) is 0.667. The molecule has 1 saturated heterocycles.